The molecule has 176 valence electrons. The number of hydrogen-bond donors (Lipinski definition) is 0. The largest absolute Gasteiger partial charge is 0.296 e. The standard InChI is InChI=1S/C29H24N6O/c1-19-10-6-7-13-22(19)18-30-35-27-25(26-28(35)33-24-15-9-8-14-23(24)32-26)29(36)34(20(2)31-27)17-16-21-11-4-3-5-12-21/h3-15,18H,16-17H2,1-2H3/b30-18+. The summed E-state index contributed by atoms with van der Waals surface area (Å²) in [6, 6.07) is 25.8. The Morgan fingerprint density at radius 3 is 2.28 bits per heavy atom. The number of para-hydroxylation sites is 2. The van der Waals surface area contributed by atoms with E-state index >= 15 is 0 Å². The Kier molecular flexibility index (Phi) is 5.37. The van der Waals surface area contributed by atoms with Crippen LogP contribution in [0.3, 0.4) is 0 Å². The van der Waals surface area contributed by atoms with Gasteiger partial charge >= 0.3 is 0 Å². The fourth-order valence-electron chi connectivity index (χ4n) is 4.52. The fourth-order valence-corrected chi connectivity index (χ4v) is 4.52. The van der Waals surface area contributed by atoms with Crippen LogP contribution in [0, 0.1) is 13.8 Å². The Balaban J connectivity index is 1.59. The van der Waals surface area contributed by atoms with Crippen LogP contribution in [0.1, 0.15) is 22.5 Å². The van der Waals surface area contributed by atoms with Gasteiger partial charge in [-0.1, -0.05) is 66.7 Å². The van der Waals surface area contributed by atoms with Gasteiger partial charge in [0.1, 0.15) is 16.7 Å². The first-order valence-electron chi connectivity index (χ1n) is 11.9. The van der Waals surface area contributed by atoms with Crippen molar-refractivity contribution in [1.29, 1.82) is 0 Å². The number of fused-ring (bicyclic) bond motifs is 4. The molecule has 0 aliphatic rings. The molecular weight excluding hydrogens is 448 g/mol. The Bertz CT molecular complexity index is 1830. The summed E-state index contributed by atoms with van der Waals surface area (Å²) in [5, 5.41) is 5.18. The smallest absolute Gasteiger partial charge is 0.265 e. The molecule has 7 heteroatoms. The minimum absolute atomic E-state index is 0.132. The molecule has 0 spiro atoms. The van der Waals surface area contributed by atoms with Gasteiger partial charge in [0.05, 0.1) is 17.2 Å². The molecule has 3 heterocycles. The van der Waals surface area contributed by atoms with Crippen molar-refractivity contribution in [2.24, 2.45) is 5.10 Å². The molecule has 0 radical (unpaired) electrons. The van der Waals surface area contributed by atoms with Crippen LogP contribution in [0.2, 0.25) is 0 Å². The van der Waals surface area contributed by atoms with Crippen LogP contribution >= 0.6 is 0 Å². The molecular formula is C29H24N6O. The van der Waals surface area contributed by atoms with Crippen molar-refractivity contribution in [1.82, 2.24) is 24.2 Å². The summed E-state index contributed by atoms with van der Waals surface area (Å²) < 4.78 is 3.37. The highest BCUT2D eigenvalue weighted by Gasteiger charge is 2.21. The number of nitrogens with zero attached hydrogens (tertiary/aromatic N) is 6. The first-order valence-corrected chi connectivity index (χ1v) is 11.9. The second-order valence-corrected chi connectivity index (χ2v) is 8.85. The van der Waals surface area contributed by atoms with Crippen LogP contribution in [0.25, 0.3) is 33.2 Å². The summed E-state index contributed by atoms with van der Waals surface area (Å²) >= 11 is 0. The fraction of sp³-hybridized carbons (Fsp3) is 0.138. The van der Waals surface area contributed by atoms with Crippen molar-refractivity contribution in [3.63, 3.8) is 0 Å². The summed E-state index contributed by atoms with van der Waals surface area (Å²) in [6.07, 6.45) is 2.51. The van der Waals surface area contributed by atoms with E-state index in [2.05, 4.69) is 12.1 Å². The number of aromatic nitrogens is 5. The predicted molar refractivity (Wildman–Crippen MR) is 144 cm³/mol. The Labute approximate surface area is 207 Å². The molecule has 0 N–H and O–H groups in total. The first-order chi connectivity index (χ1) is 17.6. The average molecular weight is 473 g/mol. The van der Waals surface area contributed by atoms with Crippen LogP contribution < -0.4 is 5.56 Å². The van der Waals surface area contributed by atoms with Crippen LogP contribution in [-0.4, -0.2) is 30.4 Å². The van der Waals surface area contributed by atoms with E-state index in [-0.39, 0.29) is 5.56 Å². The average Bonchev–Trinajstić information content (AvgIpc) is 3.19. The highest BCUT2D eigenvalue weighted by atomic mass is 16.1. The Hall–Kier alpha value is -4.65. The van der Waals surface area contributed by atoms with Crippen molar-refractivity contribution >= 4 is 39.4 Å². The third-order valence-electron chi connectivity index (χ3n) is 6.50. The quantitative estimate of drug-likeness (QED) is 0.330. The lowest BCUT2D eigenvalue weighted by Gasteiger charge is -2.10. The lowest BCUT2D eigenvalue weighted by atomic mass is 10.1. The van der Waals surface area contributed by atoms with E-state index in [4.69, 9.17) is 20.1 Å². The molecule has 0 aliphatic heterocycles. The molecule has 3 aromatic heterocycles. The third kappa shape index (κ3) is 3.75. The van der Waals surface area contributed by atoms with Gasteiger partial charge in [-0.25, -0.2) is 15.0 Å². The van der Waals surface area contributed by atoms with Crippen LogP contribution in [0.15, 0.2) is 88.8 Å². The lowest BCUT2D eigenvalue weighted by Crippen LogP contribution is -2.25. The molecule has 0 unspecified atom stereocenters. The van der Waals surface area contributed by atoms with Crippen LogP contribution in [0.5, 0.6) is 0 Å². The van der Waals surface area contributed by atoms with Gasteiger partial charge in [-0.05, 0) is 49.1 Å². The monoisotopic (exact) mass is 472 g/mol. The molecule has 0 amide bonds. The molecule has 6 rings (SSSR count). The van der Waals surface area contributed by atoms with Crippen LogP contribution in [0.4, 0.5) is 0 Å². The maximum absolute atomic E-state index is 13.9. The number of benzene rings is 3. The number of rotatable bonds is 5. The van der Waals surface area contributed by atoms with Crippen LogP contribution in [-0.2, 0) is 13.0 Å². The lowest BCUT2D eigenvalue weighted by molar-refractivity contribution is 0.636. The topological polar surface area (TPSA) is 78.0 Å². The van der Waals surface area contributed by atoms with Gasteiger partial charge in [-0.3, -0.25) is 9.36 Å². The third-order valence-corrected chi connectivity index (χ3v) is 6.50. The van der Waals surface area contributed by atoms with Gasteiger partial charge in [-0.2, -0.15) is 9.78 Å². The predicted octanol–water partition coefficient (Wildman–Crippen LogP) is 5.04. The van der Waals surface area contributed by atoms with E-state index in [1.807, 2.05) is 80.6 Å². The molecule has 0 bridgehead atoms. The zero-order chi connectivity index (χ0) is 24.6. The second kappa shape index (κ2) is 8.85. The minimum atomic E-state index is -0.132. The van der Waals surface area contributed by atoms with Gasteiger partial charge in [-0.15, -0.1) is 0 Å². The maximum atomic E-state index is 13.9. The molecule has 36 heavy (non-hydrogen) atoms. The van der Waals surface area contributed by atoms with E-state index in [0.717, 1.165) is 28.6 Å². The van der Waals surface area contributed by atoms with Gasteiger partial charge < -0.3 is 0 Å². The molecule has 6 aromatic rings. The van der Waals surface area contributed by atoms with Gasteiger partial charge in [0, 0.05) is 6.54 Å². The summed E-state index contributed by atoms with van der Waals surface area (Å²) in [7, 11) is 0. The highest BCUT2D eigenvalue weighted by molar-refractivity contribution is 6.05. The highest BCUT2D eigenvalue weighted by Crippen LogP contribution is 2.25. The molecule has 0 aliphatic carbocycles. The van der Waals surface area contributed by atoms with E-state index in [1.54, 1.807) is 15.5 Å². The normalized spacial score (nSPS) is 11.8. The summed E-state index contributed by atoms with van der Waals surface area (Å²) in [4.78, 5) is 28.4. The Morgan fingerprint density at radius 1 is 0.806 bits per heavy atom. The van der Waals surface area contributed by atoms with Gasteiger partial charge in [0.2, 0.25) is 0 Å². The van der Waals surface area contributed by atoms with Gasteiger partial charge in [0.15, 0.2) is 11.3 Å². The van der Waals surface area contributed by atoms with Crippen molar-refractivity contribution in [2.45, 2.75) is 26.8 Å². The minimum Gasteiger partial charge on any atom is -0.296 e. The molecule has 0 saturated heterocycles. The molecule has 7 nitrogen and oxygen atoms in total. The number of aryl methyl sites for hydroxylation is 3. The zero-order valence-corrected chi connectivity index (χ0v) is 20.1. The van der Waals surface area contributed by atoms with E-state index in [1.165, 1.54) is 5.56 Å². The first kappa shape index (κ1) is 21.9. The van der Waals surface area contributed by atoms with Crippen molar-refractivity contribution < 1.29 is 0 Å². The molecule has 0 saturated carbocycles. The van der Waals surface area contributed by atoms with Crippen molar-refractivity contribution in [3.8, 4) is 0 Å². The maximum Gasteiger partial charge on any atom is 0.265 e. The number of hydrogen-bond acceptors (Lipinski definition) is 5. The molecule has 0 atom stereocenters. The molecule has 3 aromatic carbocycles. The van der Waals surface area contributed by atoms with E-state index < -0.39 is 0 Å². The summed E-state index contributed by atoms with van der Waals surface area (Å²) in [5.41, 5.74) is 6.07. The van der Waals surface area contributed by atoms with Crippen molar-refractivity contribution in [3.05, 3.63) is 112 Å². The van der Waals surface area contributed by atoms with Crippen molar-refractivity contribution in [2.75, 3.05) is 0 Å². The zero-order valence-electron chi connectivity index (χ0n) is 20.1. The SMILES string of the molecule is Cc1ccccc1/C=N/n1c2nc3ccccc3nc2c2c(=O)n(CCc3ccccc3)c(C)nc21. The Morgan fingerprint density at radius 2 is 1.50 bits per heavy atom. The van der Waals surface area contributed by atoms with E-state index in [0.29, 0.717) is 34.6 Å². The summed E-state index contributed by atoms with van der Waals surface area (Å²) in [6.45, 7) is 4.42. The summed E-state index contributed by atoms with van der Waals surface area (Å²) in [5.74, 6) is 0.628. The van der Waals surface area contributed by atoms with E-state index in [9.17, 15) is 4.79 Å². The molecule has 0 fully saturated rings. The second-order valence-electron chi connectivity index (χ2n) is 8.85. The van der Waals surface area contributed by atoms with Gasteiger partial charge in [0.25, 0.3) is 5.56 Å².